The highest BCUT2D eigenvalue weighted by atomic mass is 16.2. The number of pyridine rings is 1. The van der Waals surface area contributed by atoms with E-state index in [2.05, 4.69) is 26.6 Å². The summed E-state index contributed by atoms with van der Waals surface area (Å²) in [7, 11) is 3.60. The lowest BCUT2D eigenvalue weighted by atomic mass is 10.2. The second-order valence-electron chi connectivity index (χ2n) is 4.48. The molecular weight excluding hydrogens is 228 g/mol. The van der Waals surface area contributed by atoms with Crippen molar-refractivity contribution in [1.29, 1.82) is 0 Å². The van der Waals surface area contributed by atoms with Gasteiger partial charge in [0, 0.05) is 31.9 Å². The van der Waals surface area contributed by atoms with Crippen LogP contribution in [0.3, 0.4) is 0 Å². The van der Waals surface area contributed by atoms with E-state index in [1.165, 1.54) is 0 Å². The lowest BCUT2D eigenvalue weighted by molar-refractivity contribution is -0.121. The zero-order chi connectivity index (χ0) is 13.0. The van der Waals surface area contributed by atoms with E-state index in [1.807, 2.05) is 13.1 Å². The van der Waals surface area contributed by atoms with Crippen molar-refractivity contribution in [2.45, 2.75) is 25.4 Å². The summed E-state index contributed by atoms with van der Waals surface area (Å²) < 4.78 is 0. The Morgan fingerprint density at radius 3 is 3.11 bits per heavy atom. The number of anilines is 1. The molecule has 1 aliphatic heterocycles. The molecule has 1 saturated heterocycles. The van der Waals surface area contributed by atoms with E-state index in [0.29, 0.717) is 0 Å². The van der Waals surface area contributed by atoms with Crippen LogP contribution in [-0.2, 0) is 11.3 Å². The molecule has 0 saturated carbocycles. The van der Waals surface area contributed by atoms with Crippen LogP contribution >= 0.6 is 0 Å². The average molecular weight is 248 g/mol. The Morgan fingerprint density at radius 2 is 2.39 bits per heavy atom. The van der Waals surface area contributed by atoms with Gasteiger partial charge in [0.15, 0.2) is 0 Å². The number of nitrogens with one attached hydrogen (secondary N) is 2. The molecule has 5 heteroatoms. The molecule has 1 aromatic heterocycles. The SMILES string of the molecule is CNCc1cccnc1N1CCCC1C(=O)NC. The van der Waals surface area contributed by atoms with E-state index in [4.69, 9.17) is 0 Å². The Bertz CT molecular complexity index is 421. The smallest absolute Gasteiger partial charge is 0.242 e. The Kier molecular flexibility index (Phi) is 4.15. The molecule has 1 atom stereocenters. The summed E-state index contributed by atoms with van der Waals surface area (Å²) in [6.07, 6.45) is 3.72. The standard InChI is InChI=1S/C13H20N4O/c1-14-9-10-5-3-7-16-12(10)17-8-4-6-11(17)13(18)15-2/h3,5,7,11,14H,4,6,8-9H2,1-2H3,(H,15,18). The van der Waals surface area contributed by atoms with Crippen molar-refractivity contribution in [1.82, 2.24) is 15.6 Å². The molecule has 2 rings (SSSR count). The molecule has 1 aromatic rings. The van der Waals surface area contributed by atoms with Crippen LogP contribution in [0.15, 0.2) is 18.3 Å². The maximum atomic E-state index is 11.9. The number of likely N-dealkylation sites (N-methyl/N-ethyl adjacent to an activating group) is 1. The number of hydrogen-bond donors (Lipinski definition) is 2. The number of aromatic nitrogens is 1. The van der Waals surface area contributed by atoms with Gasteiger partial charge in [0.1, 0.15) is 11.9 Å². The first kappa shape index (κ1) is 12.8. The van der Waals surface area contributed by atoms with Crippen LogP contribution in [0.1, 0.15) is 18.4 Å². The molecule has 0 aromatic carbocycles. The number of carbonyl (C=O) groups excluding carboxylic acids is 1. The summed E-state index contributed by atoms with van der Waals surface area (Å²) in [5.74, 6) is 1.01. The van der Waals surface area contributed by atoms with Gasteiger partial charge < -0.3 is 15.5 Å². The molecule has 98 valence electrons. The zero-order valence-corrected chi connectivity index (χ0v) is 10.9. The predicted molar refractivity (Wildman–Crippen MR) is 71.4 cm³/mol. The molecule has 0 bridgehead atoms. The van der Waals surface area contributed by atoms with Crippen LogP contribution in [0, 0.1) is 0 Å². The topological polar surface area (TPSA) is 57.3 Å². The largest absolute Gasteiger partial charge is 0.357 e. The average Bonchev–Trinajstić information content (AvgIpc) is 2.88. The molecule has 1 unspecified atom stereocenters. The number of nitrogens with zero attached hydrogens (tertiary/aromatic N) is 2. The molecular formula is C13H20N4O. The number of rotatable bonds is 4. The van der Waals surface area contributed by atoms with Crippen molar-refractivity contribution in [3.05, 3.63) is 23.9 Å². The van der Waals surface area contributed by atoms with Crippen LogP contribution in [-0.4, -0.2) is 37.6 Å². The highest BCUT2D eigenvalue weighted by Crippen LogP contribution is 2.26. The van der Waals surface area contributed by atoms with Gasteiger partial charge in [-0.25, -0.2) is 4.98 Å². The molecule has 2 heterocycles. The quantitative estimate of drug-likeness (QED) is 0.815. The van der Waals surface area contributed by atoms with Crippen molar-refractivity contribution in [3.8, 4) is 0 Å². The maximum absolute atomic E-state index is 11.9. The summed E-state index contributed by atoms with van der Waals surface area (Å²) in [4.78, 5) is 18.4. The Hall–Kier alpha value is -1.62. The third-order valence-corrected chi connectivity index (χ3v) is 3.31. The molecule has 1 fully saturated rings. The Balaban J connectivity index is 2.27. The minimum absolute atomic E-state index is 0.0774. The summed E-state index contributed by atoms with van der Waals surface area (Å²) in [5, 5.41) is 5.87. The summed E-state index contributed by atoms with van der Waals surface area (Å²) in [5.41, 5.74) is 1.14. The fourth-order valence-corrected chi connectivity index (χ4v) is 2.48. The van der Waals surface area contributed by atoms with Crippen molar-refractivity contribution >= 4 is 11.7 Å². The molecule has 0 spiro atoms. The normalized spacial score (nSPS) is 19.0. The van der Waals surface area contributed by atoms with Crippen LogP contribution in [0.4, 0.5) is 5.82 Å². The fourth-order valence-electron chi connectivity index (χ4n) is 2.48. The summed E-state index contributed by atoms with van der Waals surface area (Å²) in [6, 6.07) is 3.90. The van der Waals surface area contributed by atoms with E-state index >= 15 is 0 Å². The minimum Gasteiger partial charge on any atom is -0.357 e. The first-order chi connectivity index (χ1) is 8.77. The van der Waals surface area contributed by atoms with Gasteiger partial charge in [0.25, 0.3) is 0 Å². The molecule has 0 aliphatic carbocycles. The molecule has 1 aliphatic rings. The van der Waals surface area contributed by atoms with E-state index < -0.39 is 0 Å². The lowest BCUT2D eigenvalue weighted by Gasteiger charge is -2.26. The van der Waals surface area contributed by atoms with E-state index in [0.717, 1.165) is 37.3 Å². The highest BCUT2D eigenvalue weighted by Gasteiger charge is 2.31. The number of amides is 1. The van der Waals surface area contributed by atoms with Crippen molar-refractivity contribution in [3.63, 3.8) is 0 Å². The lowest BCUT2D eigenvalue weighted by Crippen LogP contribution is -2.42. The predicted octanol–water partition coefficient (Wildman–Crippen LogP) is 0.516. The minimum atomic E-state index is -0.0829. The molecule has 18 heavy (non-hydrogen) atoms. The monoisotopic (exact) mass is 248 g/mol. The van der Waals surface area contributed by atoms with Crippen molar-refractivity contribution in [2.75, 3.05) is 25.5 Å². The van der Waals surface area contributed by atoms with Gasteiger partial charge in [0.05, 0.1) is 0 Å². The summed E-state index contributed by atoms with van der Waals surface area (Å²) in [6.45, 7) is 1.66. The van der Waals surface area contributed by atoms with Gasteiger partial charge in [-0.05, 0) is 26.0 Å². The van der Waals surface area contributed by atoms with Gasteiger partial charge in [0.2, 0.25) is 5.91 Å². The van der Waals surface area contributed by atoms with Crippen LogP contribution < -0.4 is 15.5 Å². The zero-order valence-electron chi connectivity index (χ0n) is 10.9. The Labute approximate surface area is 108 Å². The van der Waals surface area contributed by atoms with E-state index in [1.54, 1.807) is 13.2 Å². The van der Waals surface area contributed by atoms with Gasteiger partial charge in [-0.1, -0.05) is 6.07 Å². The third kappa shape index (κ3) is 2.46. The summed E-state index contributed by atoms with van der Waals surface area (Å²) >= 11 is 0. The highest BCUT2D eigenvalue weighted by molar-refractivity contribution is 5.85. The third-order valence-electron chi connectivity index (χ3n) is 3.31. The van der Waals surface area contributed by atoms with Gasteiger partial charge in [-0.2, -0.15) is 0 Å². The van der Waals surface area contributed by atoms with E-state index in [-0.39, 0.29) is 11.9 Å². The number of carbonyl (C=O) groups is 1. The second kappa shape index (κ2) is 5.82. The van der Waals surface area contributed by atoms with Gasteiger partial charge in [-0.15, -0.1) is 0 Å². The first-order valence-electron chi connectivity index (χ1n) is 6.34. The van der Waals surface area contributed by atoms with Crippen LogP contribution in [0.2, 0.25) is 0 Å². The van der Waals surface area contributed by atoms with Crippen molar-refractivity contribution < 1.29 is 4.79 Å². The van der Waals surface area contributed by atoms with Crippen LogP contribution in [0.5, 0.6) is 0 Å². The molecule has 0 radical (unpaired) electrons. The van der Waals surface area contributed by atoms with Gasteiger partial charge >= 0.3 is 0 Å². The Morgan fingerprint density at radius 1 is 1.56 bits per heavy atom. The van der Waals surface area contributed by atoms with E-state index in [9.17, 15) is 4.79 Å². The first-order valence-corrected chi connectivity index (χ1v) is 6.34. The molecule has 1 amide bonds. The number of hydrogen-bond acceptors (Lipinski definition) is 4. The maximum Gasteiger partial charge on any atom is 0.242 e. The molecule has 5 nitrogen and oxygen atoms in total. The van der Waals surface area contributed by atoms with Gasteiger partial charge in [-0.3, -0.25) is 4.79 Å². The molecule has 2 N–H and O–H groups in total. The van der Waals surface area contributed by atoms with Crippen molar-refractivity contribution in [2.24, 2.45) is 0 Å². The second-order valence-corrected chi connectivity index (χ2v) is 4.48. The van der Waals surface area contributed by atoms with Crippen LogP contribution in [0.25, 0.3) is 0 Å². The fraction of sp³-hybridized carbons (Fsp3) is 0.538.